The van der Waals surface area contributed by atoms with E-state index in [4.69, 9.17) is 9.47 Å². The number of esters is 1. The molecule has 0 atom stereocenters. The zero-order chi connectivity index (χ0) is 25.7. The Morgan fingerprint density at radius 1 is 0.788 bits per heavy atom. The van der Waals surface area contributed by atoms with E-state index in [-0.39, 0.29) is 13.1 Å². The van der Waals surface area contributed by atoms with E-state index in [0.717, 1.165) is 4.90 Å². The van der Waals surface area contributed by atoms with Gasteiger partial charge < -0.3 is 19.7 Å². The molecule has 0 saturated heterocycles. The zero-order valence-corrected chi connectivity index (χ0v) is 19.2. The van der Waals surface area contributed by atoms with Gasteiger partial charge in [0.15, 0.2) is 23.3 Å². The van der Waals surface area contributed by atoms with Crippen molar-refractivity contribution in [3.63, 3.8) is 0 Å². The first-order valence-electron chi connectivity index (χ1n) is 9.89. The average molecular weight is 482 g/mol. The molecule has 12 heteroatoms. The lowest BCUT2D eigenvalue weighted by Gasteiger charge is -2.26. The van der Waals surface area contributed by atoms with Crippen LogP contribution < -0.4 is 5.32 Å². The number of rotatable bonds is 7. The van der Waals surface area contributed by atoms with E-state index in [1.807, 2.05) is 0 Å². The van der Waals surface area contributed by atoms with E-state index < -0.39 is 76.8 Å². The summed E-state index contributed by atoms with van der Waals surface area (Å²) in [4.78, 5) is 37.3. The van der Waals surface area contributed by atoms with Crippen LogP contribution >= 0.6 is 0 Å². The SMILES string of the molecule is CC(C)(C)OC(=O)CN(CCNC(=O)OC(C)(C)C)C(=O)Cc1c(F)c(F)c(F)c(F)c1F. The maximum absolute atomic E-state index is 14.0. The van der Waals surface area contributed by atoms with Crippen LogP contribution in [0, 0.1) is 29.1 Å². The van der Waals surface area contributed by atoms with Gasteiger partial charge in [-0.25, -0.2) is 26.7 Å². The van der Waals surface area contributed by atoms with Crippen LogP contribution in [0.1, 0.15) is 47.1 Å². The van der Waals surface area contributed by atoms with Gasteiger partial charge in [0.1, 0.15) is 17.7 Å². The third-order valence-electron chi connectivity index (χ3n) is 3.77. The minimum atomic E-state index is -2.35. The number of carbonyl (C=O) groups excluding carboxylic acids is 3. The number of benzene rings is 1. The van der Waals surface area contributed by atoms with Crippen LogP contribution in [0.5, 0.6) is 0 Å². The van der Waals surface area contributed by atoms with E-state index in [1.54, 1.807) is 41.5 Å². The number of hydrogen-bond acceptors (Lipinski definition) is 5. The molecule has 0 heterocycles. The maximum Gasteiger partial charge on any atom is 0.407 e. The van der Waals surface area contributed by atoms with Gasteiger partial charge in [0.25, 0.3) is 0 Å². The minimum absolute atomic E-state index is 0.236. The molecule has 2 amide bonds. The number of nitrogens with one attached hydrogen (secondary N) is 1. The fourth-order valence-electron chi connectivity index (χ4n) is 2.50. The summed E-state index contributed by atoms with van der Waals surface area (Å²) in [5, 5.41) is 2.33. The molecule has 1 rings (SSSR count). The van der Waals surface area contributed by atoms with Crippen LogP contribution in [0.2, 0.25) is 0 Å². The Morgan fingerprint density at radius 3 is 1.70 bits per heavy atom. The molecule has 0 aromatic heterocycles. The summed E-state index contributed by atoms with van der Waals surface area (Å²) in [6.07, 6.45) is -2.05. The molecule has 1 aromatic carbocycles. The lowest BCUT2D eigenvalue weighted by molar-refractivity contribution is -0.158. The number of halogens is 5. The van der Waals surface area contributed by atoms with Crippen LogP contribution in [-0.4, -0.2) is 53.7 Å². The summed E-state index contributed by atoms with van der Waals surface area (Å²) >= 11 is 0. The fraction of sp³-hybridized carbons (Fsp3) is 0.571. The first-order valence-corrected chi connectivity index (χ1v) is 9.89. The second-order valence-corrected chi connectivity index (χ2v) is 9.06. The van der Waals surface area contributed by atoms with Gasteiger partial charge in [-0.3, -0.25) is 9.59 Å². The number of amides is 2. The maximum atomic E-state index is 14.0. The molecule has 1 aromatic rings. The molecule has 0 bridgehead atoms. The van der Waals surface area contributed by atoms with Crippen LogP contribution in [0.3, 0.4) is 0 Å². The molecule has 0 radical (unpaired) electrons. The average Bonchev–Trinajstić information content (AvgIpc) is 2.64. The molecule has 0 spiro atoms. The van der Waals surface area contributed by atoms with Gasteiger partial charge in [0.05, 0.1) is 6.42 Å². The van der Waals surface area contributed by atoms with Crippen molar-refractivity contribution < 1.29 is 45.8 Å². The Kier molecular flexibility index (Phi) is 9.20. The predicted molar refractivity (Wildman–Crippen MR) is 107 cm³/mol. The fourth-order valence-corrected chi connectivity index (χ4v) is 2.50. The molecule has 186 valence electrons. The highest BCUT2D eigenvalue weighted by Crippen LogP contribution is 2.24. The molecular weight excluding hydrogens is 455 g/mol. The van der Waals surface area contributed by atoms with E-state index in [0.29, 0.717) is 0 Å². The highest BCUT2D eigenvalue weighted by molar-refractivity contribution is 5.84. The highest BCUT2D eigenvalue weighted by Gasteiger charge is 2.29. The minimum Gasteiger partial charge on any atom is -0.459 e. The second-order valence-electron chi connectivity index (χ2n) is 9.06. The largest absolute Gasteiger partial charge is 0.459 e. The van der Waals surface area contributed by atoms with Gasteiger partial charge in [0.2, 0.25) is 11.7 Å². The first-order chi connectivity index (χ1) is 14.9. The van der Waals surface area contributed by atoms with Crippen molar-refractivity contribution in [3.8, 4) is 0 Å². The number of hydrogen-bond donors (Lipinski definition) is 1. The predicted octanol–water partition coefficient (Wildman–Crippen LogP) is 3.62. The summed E-state index contributed by atoms with van der Waals surface area (Å²) in [5.41, 5.74) is -3.06. The molecule has 7 nitrogen and oxygen atoms in total. The van der Waals surface area contributed by atoms with Crippen molar-refractivity contribution in [1.82, 2.24) is 10.2 Å². The Bertz CT molecular complexity index is 881. The van der Waals surface area contributed by atoms with Crippen molar-refractivity contribution in [2.24, 2.45) is 0 Å². The summed E-state index contributed by atoms with van der Waals surface area (Å²) < 4.78 is 78.2. The standard InChI is InChI=1S/C21H27F5N2O5/c1-20(2,3)32-13(30)10-28(8-7-27-19(31)33-21(4,5)6)12(29)9-11-14(22)16(24)18(26)17(25)15(11)23/h7-10H2,1-6H3,(H,27,31). The van der Waals surface area contributed by atoms with Gasteiger partial charge >= 0.3 is 12.1 Å². The smallest absolute Gasteiger partial charge is 0.407 e. The van der Waals surface area contributed by atoms with Crippen molar-refractivity contribution in [3.05, 3.63) is 34.6 Å². The van der Waals surface area contributed by atoms with E-state index in [2.05, 4.69) is 5.32 Å². The summed E-state index contributed by atoms with van der Waals surface area (Å²) in [6, 6.07) is 0. The molecule has 0 aliphatic carbocycles. The van der Waals surface area contributed by atoms with Crippen molar-refractivity contribution >= 4 is 18.0 Å². The molecule has 0 aliphatic rings. The lowest BCUT2D eigenvalue weighted by atomic mass is 10.1. The normalized spacial score (nSPS) is 11.7. The number of nitrogens with zero attached hydrogens (tertiary/aromatic N) is 1. The second kappa shape index (κ2) is 10.8. The van der Waals surface area contributed by atoms with Gasteiger partial charge in [0, 0.05) is 18.7 Å². The third-order valence-corrected chi connectivity index (χ3v) is 3.77. The number of carbonyl (C=O) groups is 3. The molecule has 33 heavy (non-hydrogen) atoms. The molecule has 0 aliphatic heterocycles. The quantitative estimate of drug-likeness (QED) is 0.278. The topological polar surface area (TPSA) is 84.9 Å². The van der Waals surface area contributed by atoms with Crippen molar-refractivity contribution in [2.75, 3.05) is 19.6 Å². The molecular formula is C21H27F5N2O5. The van der Waals surface area contributed by atoms with Gasteiger partial charge in [-0.2, -0.15) is 0 Å². The Hall–Kier alpha value is -2.92. The molecule has 0 saturated carbocycles. The highest BCUT2D eigenvalue weighted by atomic mass is 19.2. The van der Waals surface area contributed by atoms with E-state index in [9.17, 15) is 36.3 Å². The zero-order valence-electron chi connectivity index (χ0n) is 19.2. The monoisotopic (exact) mass is 482 g/mol. The number of alkyl carbamates (subject to hydrolysis) is 1. The van der Waals surface area contributed by atoms with Gasteiger partial charge in [-0.05, 0) is 41.5 Å². The van der Waals surface area contributed by atoms with Gasteiger partial charge in [-0.1, -0.05) is 0 Å². The molecule has 0 fully saturated rings. The van der Waals surface area contributed by atoms with Crippen LogP contribution in [-0.2, 0) is 25.5 Å². The molecule has 0 unspecified atom stereocenters. The van der Waals surface area contributed by atoms with Gasteiger partial charge in [-0.15, -0.1) is 0 Å². The van der Waals surface area contributed by atoms with Crippen molar-refractivity contribution in [2.45, 2.75) is 59.2 Å². The van der Waals surface area contributed by atoms with E-state index in [1.165, 1.54) is 0 Å². The van der Waals surface area contributed by atoms with Crippen molar-refractivity contribution in [1.29, 1.82) is 0 Å². The molecule has 1 N–H and O–H groups in total. The van der Waals surface area contributed by atoms with E-state index >= 15 is 0 Å². The first kappa shape index (κ1) is 28.1. The summed E-state index contributed by atoms with van der Waals surface area (Å²) in [5.74, 6) is -13.1. The lowest BCUT2D eigenvalue weighted by Crippen LogP contribution is -2.44. The summed E-state index contributed by atoms with van der Waals surface area (Å²) in [6.45, 7) is 8.29. The van der Waals surface area contributed by atoms with Crippen LogP contribution in [0.4, 0.5) is 26.7 Å². The third kappa shape index (κ3) is 8.85. The Morgan fingerprint density at radius 2 is 1.24 bits per heavy atom. The number of ether oxygens (including phenoxy) is 2. The van der Waals surface area contributed by atoms with Crippen LogP contribution in [0.15, 0.2) is 0 Å². The summed E-state index contributed by atoms with van der Waals surface area (Å²) in [7, 11) is 0. The van der Waals surface area contributed by atoms with Crippen LogP contribution in [0.25, 0.3) is 0 Å². The Balaban J connectivity index is 3.04. The Labute approximate surface area is 188 Å².